The SMILES string of the molecule is CC(C)c1ccc(C(=O)N2CC(F)(F)C2)cn1. The molecule has 1 amide bonds. The van der Waals surface area contributed by atoms with Gasteiger partial charge in [0, 0.05) is 11.9 Å². The van der Waals surface area contributed by atoms with Crippen LogP contribution in [0.25, 0.3) is 0 Å². The van der Waals surface area contributed by atoms with Crippen molar-refractivity contribution in [1.82, 2.24) is 9.88 Å². The number of rotatable bonds is 2. The number of likely N-dealkylation sites (tertiary alicyclic amines) is 1. The van der Waals surface area contributed by atoms with Crippen LogP contribution in [0.2, 0.25) is 0 Å². The van der Waals surface area contributed by atoms with Gasteiger partial charge in [0.2, 0.25) is 0 Å². The molecule has 1 aliphatic rings. The molecule has 0 N–H and O–H groups in total. The fraction of sp³-hybridized carbons (Fsp3) is 0.500. The van der Waals surface area contributed by atoms with E-state index in [9.17, 15) is 13.6 Å². The van der Waals surface area contributed by atoms with Gasteiger partial charge < -0.3 is 4.90 Å². The minimum atomic E-state index is -2.72. The van der Waals surface area contributed by atoms with Crippen LogP contribution in [-0.2, 0) is 0 Å². The molecule has 2 heterocycles. The molecule has 1 aliphatic heterocycles. The van der Waals surface area contributed by atoms with Gasteiger partial charge in [-0.2, -0.15) is 0 Å². The van der Waals surface area contributed by atoms with Crippen LogP contribution < -0.4 is 0 Å². The van der Waals surface area contributed by atoms with Gasteiger partial charge in [0.25, 0.3) is 11.8 Å². The summed E-state index contributed by atoms with van der Waals surface area (Å²) < 4.78 is 25.2. The normalized spacial score (nSPS) is 18.1. The number of pyridine rings is 1. The Hall–Kier alpha value is -1.52. The second kappa shape index (κ2) is 4.05. The molecule has 92 valence electrons. The lowest BCUT2D eigenvalue weighted by atomic mass is 10.1. The van der Waals surface area contributed by atoms with E-state index in [2.05, 4.69) is 4.98 Å². The van der Waals surface area contributed by atoms with Gasteiger partial charge >= 0.3 is 0 Å². The third kappa shape index (κ3) is 2.43. The summed E-state index contributed by atoms with van der Waals surface area (Å²) in [6.45, 7) is 3.02. The quantitative estimate of drug-likeness (QED) is 0.794. The monoisotopic (exact) mass is 240 g/mol. The van der Waals surface area contributed by atoms with Crippen LogP contribution in [-0.4, -0.2) is 34.8 Å². The smallest absolute Gasteiger partial charge is 0.282 e. The maximum Gasteiger partial charge on any atom is 0.282 e. The first kappa shape index (κ1) is 12.0. The molecule has 0 radical (unpaired) electrons. The van der Waals surface area contributed by atoms with E-state index in [4.69, 9.17) is 0 Å². The van der Waals surface area contributed by atoms with Gasteiger partial charge in [-0.05, 0) is 18.1 Å². The zero-order chi connectivity index (χ0) is 12.6. The lowest BCUT2D eigenvalue weighted by molar-refractivity contribution is -0.113. The predicted molar refractivity (Wildman–Crippen MR) is 59.2 cm³/mol. The van der Waals surface area contributed by atoms with Crippen molar-refractivity contribution in [1.29, 1.82) is 0 Å². The molecular formula is C12H14F2N2O. The molecule has 0 atom stereocenters. The molecule has 5 heteroatoms. The van der Waals surface area contributed by atoms with E-state index in [1.54, 1.807) is 12.1 Å². The Bertz CT molecular complexity index is 421. The number of halogens is 2. The molecule has 1 fully saturated rings. The number of carbonyl (C=O) groups excluding carboxylic acids is 1. The number of carbonyl (C=O) groups is 1. The number of hydrogen-bond donors (Lipinski definition) is 0. The minimum absolute atomic E-state index is 0.285. The number of hydrogen-bond acceptors (Lipinski definition) is 2. The molecule has 2 rings (SSSR count). The third-order valence-electron chi connectivity index (χ3n) is 2.76. The summed E-state index contributed by atoms with van der Waals surface area (Å²) >= 11 is 0. The van der Waals surface area contributed by atoms with Crippen molar-refractivity contribution in [3.8, 4) is 0 Å². The molecule has 17 heavy (non-hydrogen) atoms. The summed E-state index contributed by atoms with van der Waals surface area (Å²) in [6, 6.07) is 3.40. The highest BCUT2D eigenvalue weighted by molar-refractivity contribution is 5.94. The average molecular weight is 240 g/mol. The average Bonchev–Trinajstić information content (AvgIpc) is 2.25. The van der Waals surface area contributed by atoms with E-state index in [1.165, 1.54) is 6.20 Å². The van der Waals surface area contributed by atoms with E-state index in [-0.39, 0.29) is 11.8 Å². The minimum Gasteiger partial charge on any atom is -0.326 e. The predicted octanol–water partition coefficient (Wildman–Crippen LogP) is 2.30. The third-order valence-corrected chi connectivity index (χ3v) is 2.76. The van der Waals surface area contributed by atoms with Gasteiger partial charge in [0.15, 0.2) is 0 Å². The molecule has 3 nitrogen and oxygen atoms in total. The van der Waals surface area contributed by atoms with Crippen molar-refractivity contribution in [3.05, 3.63) is 29.6 Å². The highest BCUT2D eigenvalue weighted by Crippen LogP contribution is 2.27. The van der Waals surface area contributed by atoms with Crippen LogP contribution >= 0.6 is 0 Å². The van der Waals surface area contributed by atoms with E-state index in [0.29, 0.717) is 5.56 Å². The van der Waals surface area contributed by atoms with Crippen LogP contribution in [0.3, 0.4) is 0 Å². The molecular weight excluding hydrogens is 226 g/mol. The molecule has 0 aliphatic carbocycles. The molecule has 0 bridgehead atoms. The molecule has 1 saturated heterocycles. The summed E-state index contributed by atoms with van der Waals surface area (Å²) in [5, 5.41) is 0. The van der Waals surface area contributed by atoms with Gasteiger partial charge in [-0.3, -0.25) is 9.78 Å². The van der Waals surface area contributed by atoms with Gasteiger partial charge in [0.1, 0.15) is 0 Å². The first-order chi connectivity index (χ1) is 7.89. The molecule has 0 saturated carbocycles. The topological polar surface area (TPSA) is 33.2 Å². The maximum atomic E-state index is 12.6. The van der Waals surface area contributed by atoms with Crippen LogP contribution in [0.5, 0.6) is 0 Å². The zero-order valence-electron chi connectivity index (χ0n) is 9.78. The van der Waals surface area contributed by atoms with Crippen molar-refractivity contribution >= 4 is 5.91 Å². The molecule has 0 spiro atoms. The lowest BCUT2D eigenvalue weighted by Gasteiger charge is -2.38. The van der Waals surface area contributed by atoms with Gasteiger partial charge in [-0.25, -0.2) is 8.78 Å². The molecule has 1 aromatic heterocycles. The zero-order valence-corrected chi connectivity index (χ0v) is 9.78. The highest BCUT2D eigenvalue weighted by atomic mass is 19.3. The van der Waals surface area contributed by atoms with Crippen molar-refractivity contribution in [2.75, 3.05) is 13.1 Å². The largest absolute Gasteiger partial charge is 0.326 e. The Balaban J connectivity index is 2.06. The Kier molecular flexibility index (Phi) is 2.85. The summed E-state index contributed by atoms with van der Waals surface area (Å²) in [6.07, 6.45) is 1.45. The number of aromatic nitrogens is 1. The fourth-order valence-electron chi connectivity index (χ4n) is 1.71. The van der Waals surface area contributed by atoms with Gasteiger partial charge in [-0.15, -0.1) is 0 Å². The Labute approximate surface area is 98.5 Å². The molecule has 1 aromatic rings. The van der Waals surface area contributed by atoms with Crippen molar-refractivity contribution in [2.24, 2.45) is 0 Å². The highest BCUT2D eigenvalue weighted by Gasteiger charge is 2.46. The standard InChI is InChI=1S/C12H14F2N2O/c1-8(2)10-4-3-9(5-15-10)11(17)16-6-12(13,14)7-16/h3-5,8H,6-7H2,1-2H3. The van der Waals surface area contributed by atoms with Crippen LogP contribution in [0, 0.1) is 0 Å². The van der Waals surface area contributed by atoms with Crippen molar-refractivity contribution in [3.63, 3.8) is 0 Å². The first-order valence-electron chi connectivity index (χ1n) is 5.52. The second-order valence-electron chi connectivity index (χ2n) is 4.64. The van der Waals surface area contributed by atoms with E-state index in [1.807, 2.05) is 13.8 Å². The summed E-state index contributed by atoms with van der Waals surface area (Å²) in [5.74, 6) is -2.81. The molecule has 0 unspecified atom stereocenters. The fourth-order valence-corrected chi connectivity index (χ4v) is 1.71. The number of nitrogens with zero attached hydrogens (tertiary/aromatic N) is 2. The van der Waals surface area contributed by atoms with Crippen molar-refractivity contribution in [2.45, 2.75) is 25.7 Å². The Morgan fingerprint density at radius 1 is 1.41 bits per heavy atom. The summed E-state index contributed by atoms with van der Waals surface area (Å²) in [7, 11) is 0. The van der Waals surface area contributed by atoms with Gasteiger partial charge in [-0.1, -0.05) is 13.8 Å². The summed E-state index contributed by atoms with van der Waals surface area (Å²) in [4.78, 5) is 17.0. The van der Waals surface area contributed by atoms with E-state index in [0.717, 1.165) is 10.6 Å². The Morgan fingerprint density at radius 2 is 2.06 bits per heavy atom. The van der Waals surface area contributed by atoms with Crippen LogP contribution in [0.1, 0.15) is 35.8 Å². The second-order valence-corrected chi connectivity index (χ2v) is 4.64. The lowest BCUT2D eigenvalue weighted by Crippen LogP contribution is -2.58. The van der Waals surface area contributed by atoms with Crippen LogP contribution in [0.15, 0.2) is 18.3 Å². The van der Waals surface area contributed by atoms with Crippen molar-refractivity contribution < 1.29 is 13.6 Å². The number of alkyl halides is 2. The molecule has 0 aromatic carbocycles. The Morgan fingerprint density at radius 3 is 2.47 bits per heavy atom. The van der Waals surface area contributed by atoms with Gasteiger partial charge in [0.05, 0.1) is 18.7 Å². The van der Waals surface area contributed by atoms with Crippen LogP contribution in [0.4, 0.5) is 8.78 Å². The van der Waals surface area contributed by atoms with E-state index >= 15 is 0 Å². The number of amides is 1. The summed E-state index contributed by atoms with van der Waals surface area (Å²) in [5.41, 5.74) is 1.25. The van der Waals surface area contributed by atoms with E-state index < -0.39 is 19.0 Å². The maximum absolute atomic E-state index is 12.6. The first-order valence-corrected chi connectivity index (χ1v) is 5.52.